The Morgan fingerprint density at radius 3 is 1.26 bits per heavy atom. The number of benzene rings is 4. The first-order chi connectivity index (χ1) is 38.6. The topological polar surface area (TPSA) is 184 Å². The maximum Gasteiger partial charge on any atom is 0.452 e. The van der Waals surface area contributed by atoms with Crippen LogP contribution in [0.4, 0.5) is 26.3 Å². The van der Waals surface area contributed by atoms with Gasteiger partial charge < -0.3 is 18.7 Å². The molecule has 0 atom stereocenters. The Morgan fingerprint density at radius 2 is 0.914 bits per heavy atom. The van der Waals surface area contributed by atoms with E-state index in [-0.39, 0.29) is 108 Å². The third-order valence-corrected chi connectivity index (χ3v) is 15.4. The summed E-state index contributed by atoms with van der Waals surface area (Å²) in [5.74, 6) is -5.22. The Hall–Kier alpha value is -6.92. The van der Waals surface area contributed by atoms with Gasteiger partial charge in [0.2, 0.25) is 23.3 Å². The second-order valence-electron chi connectivity index (χ2n) is 20.6. The highest BCUT2D eigenvalue weighted by atomic mass is 35.5. The summed E-state index contributed by atoms with van der Waals surface area (Å²) in [7, 11) is 1.41. The number of carbonyl (C=O) groups is 6. The molecule has 2 aliphatic carbocycles. The molecule has 2 saturated carbocycles. The number of carbonyl (C=O) groups excluding carboxylic acids is 5. The number of oxazole rings is 2. The lowest BCUT2D eigenvalue weighted by molar-refractivity contribution is -0.153. The van der Waals surface area contributed by atoms with Crippen molar-refractivity contribution in [2.75, 3.05) is 7.11 Å². The molecular formula is C61H60Cl2F6N2O10. The smallest absolute Gasteiger partial charge is 0.452 e. The van der Waals surface area contributed by atoms with Gasteiger partial charge in [-0.05, 0) is 134 Å². The number of alkyl halides is 6. The van der Waals surface area contributed by atoms with E-state index in [9.17, 15) is 55.1 Å². The molecule has 430 valence electrons. The van der Waals surface area contributed by atoms with Gasteiger partial charge in [0.1, 0.15) is 11.6 Å². The van der Waals surface area contributed by atoms with E-state index in [4.69, 9.17) is 41.9 Å². The highest BCUT2D eigenvalue weighted by Gasteiger charge is 2.43. The van der Waals surface area contributed by atoms with Crippen LogP contribution in [0.1, 0.15) is 169 Å². The van der Waals surface area contributed by atoms with Gasteiger partial charge in [-0.1, -0.05) is 96.0 Å². The quantitative estimate of drug-likeness (QED) is 0.0386. The molecule has 0 saturated heterocycles. The van der Waals surface area contributed by atoms with Crippen LogP contribution >= 0.6 is 23.2 Å². The molecule has 0 bridgehead atoms. The monoisotopic (exact) mass is 1160 g/mol. The van der Waals surface area contributed by atoms with Crippen molar-refractivity contribution in [1.82, 2.24) is 9.97 Å². The van der Waals surface area contributed by atoms with Crippen molar-refractivity contribution in [1.29, 1.82) is 0 Å². The van der Waals surface area contributed by atoms with Crippen molar-refractivity contribution in [3.63, 3.8) is 0 Å². The minimum Gasteiger partial charge on any atom is -0.481 e. The number of ketones is 4. The number of rotatable bonds is 22. The Bertz CT molecular complexity index is 3150. The Balaban J connectivity index is 0.000000234. The van der Waals surface area contributed by atoms with Crippen molar-refractivity contribution >= 4 is 58.3 Å². The molecule has 2 aromatic heterocycles. The van der Waals surface area contributed by atoms with Crippen molar-refractivity contribution in [3.8, 4) is 22.9 Å². The molecule has 4 aromatic carbocycles. The fourth-order valence-electron chi connectivity index (χ4n) is 10.4. The third-order valence-electron chi connectivity index (χ3n) is 14.8. The molecule has 0 spiro atoms. The van der Waals surface area contributed by atoms with E-state index in [0.29, 0.717) is 24.2 Å². The van der Waals surface area contributed by atoms with Crippen LogP contribution in [-0.4, -0.2) is 57.3 Å². The highest BCUT2D eigenvalue weighted by Crippen LogP contribution is 2.41. The summed E-state index contributed by atoms with van der Waals surface area (Å²) in [6.07, 6.45) is -1.54. The van der Waals surface area contributed by atoms with Crippen LogP contribution in [0.5, 0.6) is 0 Å². The van der Waals surface area contributed by atoms with Crippen molar-refractivity contribution in [2.24, 2.45) is 11.8 Å². The van der Waals surface area contributed by atoms with Crippen LogP contribution in [0.15, 0.2) is 106 Å². The van der Waals surface area contributed by atoms with E-state index in [1.807, 2.05) is 48.5 Å². The molecule has 0 unspecified atom stereocenters. The number of aromatic nitrogens is 2. The predicted molar refractivity (Wildman–Crippen MR) is 289 cm³/mol. The second kappa shape index (κ2) is 28.2. The van der Waals surface area contributed by atoms with Crippen molar-refractivity contribution < 1.29 is 73.8 Å². The molecule has 0 radical (unpaired) electrons. The summed E-state index contributed by atoms with van der Waals surface area (Å²) in [5, 5.41) is 9.26. The zero-order valence-corrected chi connectivity index (χ0v) is 45.8. The number of esters is 1. The Morgan fingerprint density at radius 1 is 0.543 bits per heavy atom. The highest BCUT2D eigenvalue weighted by molar-refractivity contribution is 6.33. The molecule has 0 amide bonds. The maximum atomic E-state index is 13.6. The second-order valence-corrected chi connectivity index (χ2v) is 21.4. The number of halogens is 8. The largest absolute Gasteiger partial charge is 0.481 e. The molecule has 2 fully saturated rings. The third kappa shape index (κ3) is 17.5. The van der Waals surface area contributed by atoms with Crippen LogP contribution in [-0.2, 0) is 49.1 Å². The summed E-state index contributed by atoms with van der Waals surface area (Å²) in [6, 6.07) is 27.9. The number of carboxylic acids is 1. The van der Waals surface area contributed by atoms with Gasteiger partial charge in [-0.15, -0.1) is 0 Å². The van der Waals surface area contributed by atoms with E-state index < -0.39 is 58.7 Å². The van der Waals surface area contributed by atoms with Gasteiger partial charge in [0.15, 0.2) is 23.0 Å². The number of ether oxygens (including phenoxy) is 1. The van der Waals surface area contributed by atoms with Crippen molar-refractivity contribution in [2.45, 2.75) is 140 Å². The minimum atomic E-state index is -4.92. The average Bonchev–Trinajstić information content (AvgIpc) is 4.34. The summed E-state index contributed by atoms with van der Waals surface area (Å²) in [4.78, 5) is 80.4. The van der Waals surface area contributed by atoms with Gasteiger partial charge in [0, 0.05) is 51.4 Å². The number of hydrogen-bond donors (Lipinski definition) is 1. The van der Waals surface area contributed by atoms with Gasteiger partial charge in [-0.25, -0.2) is 9.97 Å². The zero-order chi connectivity index (χ0) is 58.4. The zero-order valence-electron chi connectivity index (χ0n) is 44.3. The van der Waals surface area contributed by atoms with Crippen LogP contribution in [0, 0.1) is 11.8 Å². The normalized spacial score (nSPS) is 17.4. The summed E-state index contributed by atoms with van der Waals surface area (Å²) in [6.45, 7) is 0. The van der Waals surface area contributed by atoms with Crippen LogP contribution < -0.4 is 0 Å². The van der Waals surface area contributed by atoms with E-state index in [1.165, 1.54) is 42.5 Å². The molecule has 12 nitrogen and oxygen atoms in total. The van der Waals surface area contributed by atoms with E-state index in [0.717, 1.165) is 62.5 Å². The molecule has 81 heavy (non-hydrogen) atoms. The standard InChI is InChI=1S/C31H31ClF3NO5.C30H29ClF3NO5/c1-40-27(39)18-20-11-15-22(16-12-20)21-13-9-19(10-14-21)17-23(37)5-4-8-26(38)28-29(31(33,34)35)41-30(36-28)24-6-2-3-7-25(24)32;31-24-6-2-1-5-23(24)29-35-27(28(40-29)30(32,33)34)25(37)7-3-4-22(36)16-18-8-12-20(13-9-18)21-14-10-19(11-15-21)17-26(38)39/h2-3,6-7,9-10,13-14,20,22H,4-5,8,11-12,15-18H2,1H3;1-2,5-6,8-9,12-13,19,21H,3-4,7,10-11,14-17H2,(H,38,39). The minimum absolute atomic E-state index is 0.0393. The Kier molecular flexibility index (Phi) is 21.5. The van der Waals surface area contributed by atoms with E-state index in [2.05, 4.69) is 9.97 Å². The molecular weight excluding hydrogens is 1110 g/mol. The SMILES string of the molecule is COC(=O)CC1CCC(c2ccc(CC(=O)CCCC(=O)c3nc(-c4ccccc4Cl)oc3C(F)(F)F)cc2)CC1.O=C(O)CC1CCC(c2ccc(CC(=O)CCCC(=O)c3nc(-c4ccccc4Cl)oc3C(F)(F)F)cc2)CC1. The van der Waals surface area contributed by atoms with Crippen LogP contribution in [0.2, 0.25) is 10.0 Å². The van der Waals surface area contributed by atoms with Crippen LogP contribution in [0.3, 0.4) is 0 Å². The molecule has 1 N–H and O–H groups in total. The van der Waals surface area contributed by atoms with Crippen molar-refractivity contribution in [3.05, 3.63) is 152 Å². The fraction of sp³-hybridized carbons (Fsp3) is 0.410. The van der Waals surface area contributed by atoms with Gasteiger partial charge >= 0.3 is 24.3 Å². The fourth-order valence-corrected chi connectivity index (χ4v) is 10.9. The van der Waals surface area contributed by atoms with Crippen LogP contribution in [0.25, 0.3) is 22.9 Å². The van der Waals surface area contributed by atoms with Gasteiger partial charge in [0.25, 0.3) is 0 Å². The first-order valence-corrected chi connectivity index (χ1v) is 27.5. The lowest BCUT2D eigenvalue weighted by atomic mass is 9.77. The first-order valence-electron chi connectivity index (χ1n) is 26.8. The maximum absolute atomic E-state index is 13.6. The predicted octanol–water partition coefficient (Wildman–Crippen LogP) is 15.9. The van der Waals surface area contributed by atoms with E-state index >= 15 is 0 Å². The number of hydrogen-bond acceptors (Lipinski definition) is 11. The summed E-state index contributed by atoms with van der Waals surface area (Å²) >= 11 is 12.1. The molecule has 2 heterocycles. The van der Waals surface area contributed by atoms with Gasteiger partial charge in [0.05, 0.1) is 28.3 Å². The molecule has 0 aliphatic heterocycles. The number of Topliss-reactive ketones (excluding diaryl/α,β-unsaturated/α-hetero) is 4. The molecule has 6 aromatic rings. The Labute approximate surface area is 474 Å². The molecule has 20 heteroatoms. The number of carboxylic acid groups (broad SMARTS) is 1. The molecule has 8 rings (SSSR count). The molecule has 2 aliphatic rings. The van der Waals surface area contributed by atoms with Gasteiger partial charge in [-0.3, -0.25) is 28.8 Å². The lowest BCUT2D eigenvalue weighted by Crippen LogP contribution is -2.17. The van der Waals surface area contributed by atoms with Gasteiger partial charge in [-0.2, -0.15) is 26.3 Å². The van der Waals surface area contributed by atoms with E-state index in [1.54, 1.807) is 24.3 Å². The summed E-state index contributed by atoms with van der Waals surface area (Å²) < 4.78 is 95.9. The number of aliphatic carboxylic acids is 1. The number of methoxy groups -OCH3 is 1. The average molecular weight is 1170 g/mol. The summed E-state index contributed by atoms with van der Waals surface area (Å²) in [5.41, 5.74) is 2.68. The number of nitrogens with zero attached hydrogens (tertiary/aromatic N) is 2. The first kappa shape index (κ1) is 61.7. The lowest BCUT2D eigenvalue weighted by Gasteiger charge is -2.28.